The first kappa shape index (κ1) is 23.3. The largest absolute Gasteiger partial charge is 1.00 e. The van der Waals surface area contributed by atoms with Crippen LogP contribution in [0.3, 0.4) is 0 Å². The lowest BCUT2D eigenvalue weighted by Gasteiger charge is -2.29. The van der Waals surface area contributed by atoms with Crippen LogP contribution < -0.4 is 28.3 Å². The van der Waals surface area contributed by atoms with Gasteiger partial charge < -0.3 is 12.4 Å². The maximum absolute atomic E-state index is 2.37. The van der Waals surface area contributed by atoms with Crippen molar-refractivity contribution in [3.05, 3.63) is 125 Å². The Morgan fingerprint density at radius 2 is 0.903 bits per heavy atom. The molecule has 31 heavy (non-hydrogen) atoms. The van der Waals surface area contributed by atoms with Crippen molar-refractivity contribution in [2.75, 3.05) is 0 Å². The van der Waals surface area contributed by atoms with Gasteiger partial charge in [0.25, 0.3) is 0 Å². The third-order valence-corrected chi connectivity index (χ3v) is 10.8. The molecule has 4 rings (SSSR count). The van der Waals surface area contributed by atoms with Gasteiger partial charge in [-0.15, -0.1) is 0 Å². The quantitative estimate of drug-likeness (QED) is 0.414. The lowest BCUT2D eigenvalue weighted by Crippen LogP contribution is -3.00. The Kier molecular flexibility index (Phi) is 7.37. The Labute approximate surface area is 194 Å². The van der Waals surface area contributed by atoms with Crippen LogP contribution in [-0.4, -0.2) is 0 Å². The predicted octanol–water partition coefficient (Wildman–Crippen LogP) is 3.42. The van der Waals surface area contributed by atoms with Crippen LogP contribution in [0.2, 0.25) is 0 Å². The van der Waals surface area contributed by atoms with Gasteiger partial charge in [-0.2, -0.15) is 0 Å². The minimum Gasteiger partial charge on any atom is -1.00 e. The van der Waals surface area contributed by atoms with Crippen LogP contribution in [0, 0.1) is 27.7 Å². The van der Waals surface area contributed by atoms with Crippen LogP contribution >= 0.6 is 7.26 Å². The SMILES string of the molecule is Cc1cc(C)c(C[P+](c2ccccc2)(c2ccccc2)c2ccccc2)c(C)c1C.[Cl-]. The van der Waals surface area contributed by atoms with Gasteiger partial charge in [-0.25, -0.2) is 0 Å². The van der Waals surface area contributed by atoms with E-state index in [1.54, 1.807) is 0 Å². The molecule has 158 valence electrons. The molecule has 0 saturated heterocycles. The van der Waals surface area contributed by atoms with E-state index in [1.807, 2.05) is 0 Å². The summed E-state index contributed by atoms with van der Waals surface area (Å²) >= 11 is 0. The van der Waals surface area contributed by atoms with Gasteiger partial charge in [0.1, 0.15) is 23.2 Å². The molecule has 4 aromatic carbocycles. The van der Waals surface area contributed by atoms with Gasteiger partial charge in [0.05, 0.1) is 6.16 Å². The summed E-state index contributed by atoms with van der Waals surface area (Å²) in [4.78, 5) is 0. The molecule has 0 aliphatic rings. The number of hydrogen-bond donors (Lipinski definition) is 0. The molecule has 4 aromatic rings. The summed E-state index contributed by atoms with van der Waals surface area (Å²) < 4.78 is 0. The van der Waals surface area contributed by atoms with E-state index in [-0.39, 0.29) is 12.4 Å². The second kappa shape index (κ2) is 9.82. The number of hydrogen-bond acceptors (Lipinski definition) is 0. The molecule has 0 aliphatic carbocycles. The van der Waals surface area contributed by atoms with Gasteiger partial charge in [-0.3, -0.25) is 0 Å². The van der Waals surface area contributed by atoms with Gasteiger partial charge in [0.2, 0.25) is 0 Å². The van der Waals surface area contributed by atoms with Crippen LogP contribution in [-0.2, 0) is 6.16 Å². The molecule has 0 nitrogen and oxygen atoms in total. The average molecular weight is 445 g/mol. The highest BCUT2D eigenvalue weighted by atomic mass is 35.5. The van der Waals surface area contributed by atoms with Crippen molar-refractivity contribution < 1.29 is 12.4 Å². The summed E-state index contributed by atoms with van der Waals surface area (Å²) in [6, 6.07) is 35.9. The van der Waals surface area contributed by atoms with E-state index in [0.717, 1.165) is 6.16 Å². The Morgan fingerprint density at radius 1 is 0.516 bits per heavy atom. The van der Waals surface area contributed by atoms with Crippen LogP contribution in [0.15, 0.2) is 97.1 Å². The minimum absolute atomic E-state index is 0. The van der Waals surface area contributed by atoms with E-state index in [4.69, 9.17) is 0 Å². The third-order valence-electron chi connectivity index (χ3n) is 6.50. The van der Waals surface area contributed by atoms with Gasteiger partial charge in [0.15, 0.2) is 0 Å². The third kappa shape index (κ3) is 4.33. The summed E-state index contributed by atoms with van der Waals surface area (Å²) in [6.07, 6.45) is 1.05. The van der Waals surface area contributed by atoms with E-state index in [2.05, 4.69) is 125 Å². The van der Waals surface area contributed by atoms with Gasteiger partial charge in [-0.1, -0.05) is 60.7 Å². The number of halogens is 1. The van der Waals surface area contributed by atoms with Crippen LogP contribution in [0.25, 0.3) is 0 Å². The van der Waals surface area contributed by atoms with Crippen molar-refractivity contribution in [3.63, 3.8) is 0 Å². The van der Waals surface area contributed by atoms with E-state index < -0.39 is 7.26 Å². The van der Waals surface area contributed by atoms with Crippen LogP contribution in [0.5, 0.6) is 0 Å². The monoisotopic (exact) mass is 444 g/mol. The fourth-order valence-electron chi connectivity index (χ4n) is 4.59. The van der Waals surface area contributed by atoms with E-state index >= 15 is 0 Å². The van der Waals surface area contributed by atoms with E-state index in [9.17, 15) is 0 Å². The second-order valence-electron chi connectivity index (χ2n) is 8.21. The molecule has 0 heterocycles. The summed E-state index contributed by atoms with van der Waals surface area (Å²) in [7, 11) is -1.86. The Hall–Kier alpha value is -2.40. The van der Waals surface area contributed by atoms with Crippen LogP contribution in [0.1, 0.15) is 27.8 Å². The molecule has 0 bridgehead atoms. The van der Waals surface area contributed by atoms with Gasteiger partial charge >= 0.3 is 0 Å². The molecule has 0 aromatic heterocycles. The van der Waals surface area contributed by atoms with Crippen molar-refractivity contribution in [1.82, 2.24) is 0 Å². The minimum atomic E-state index is -1.86. The molecule has 0 fully saturated rings. The lowest BCUT2D eigenvalue weighted by molar-refractivity contribution is -0.00000614. The molecular weight excluding hydrogens is 415 g/mol. The summed E-state index contributed by atoms with van der Waals surface area (Å²) in [6.45, 7) is 9.08. The van der Waals surface area contributed by atoms with E-state index in [1.165, 1.54) is 43.7 Å². The molecule has 0 saturated carbocycles. The van der Waals surface area contributed by atoms with Crippen LogP contribution in [0.4, 0.5) is 0 Å². The predicted molar refractivity (Wildman–Crippen MR) is 134 cm³/mol. The summed E-state index contributed by atoms with van der Waals surface area (Å²) in [5.41, 5.74) is 7.16. The smallest absolute Gasteiger partial charge is 0.116 e. The number of benzene rings is 4. The summed E-state index contributed by atoms with van der Waals surface area (Å²) in [5.74, 6) is 0. The van der Waals surface area contributed by atoms with Gasteiger partial charge in [-0.05, 0) is 91.9 Å². The van der Waals surface area contributed by atoms with Crippen molar-refractivity contribution in [1.29, 1.82) is 0 Å². The molecule has 0 N–H and O–H groups in total. The zero-order valence-electron chi connectivity index (χ0n) is 18.8. The average Bonchev–Trinajstić information content (AvgIpc) is 2.80. The molecular formula is C29H30ClP. The molecule has 0 atom stereocenters. The van der Waals surface area contributed by atoms with Crippen molar-refractivity contribution in [2.24, 2.45) is 0 Å². The number of rotatable bonds is 5. The highest BCUT2D eigenvalue weighted by molar-refractivity contribution is 7.95. The molecule has 0 unspecified atom stereocenters. The van der Waals surface area contributed by atoms with Crippen molar-refractivity contribution in [2.45, 2.75) is 33.9 Å². The second-order valence-corrected chi connectivity index (χ2v) is 11.7. The first-order valence-corrected chi connectivity index (χ1v) is 12.6. The Bertz CT molecular complexity index is 1040. The topological polar surface area (TPSA) is 0 Å². The highest BCUT2D eigenvalue weighted by Gasteiger charge is 2.46. The van der Waals surface area contributed by atoms with Crippen molar-refractivity contribution >= 4 is 23.2 Å². The molecule has 0 aliphatic heterocycles. The fraction of sp³-hybridized carbons (Fsp3) is 0.172. The Balaban J connectivity index is 0.00000272. The van der Waals surface area contributed by atoms with E-state index in [0.29, 0.717) is 0 Å². The fourth-order valence-corrected chi connectivity index (χ4v) is 9.03. The maximum atomic E-state index is 2.37. The zero-order valence-corrected chi connectivity index (χ0v) is 20.4. The summed E-state index contributed by atoms with van der Waals surface area (Å²) in [5, 5.41) is 4.33. The normalized spacial score (nSPS) is 11.1. The Morgan fingerprint density at radius 3 is 1.29 bits per heavy atom. The molecule has 2 heteroatoms. The zero-order chi connectivity index (χ0) is 21.1. The van der Waals surface area contributed by atoms with Gasteiger partial charge in [0, 0.05) is 0 Å². The highest BCUT2D eigenvalue weighted by Crippen LogP contribution is 2.58. The standard InChI is InChI=1S/C29H30P.ClH/c1-22-20-23(2)29(25(4)24(22)3)21-30(26-14-8-5-9-15-26,27-16-10-6-11-17-27)28-18-12-7-13-19-28;/h5-20H,21H2,1-4H3;1H/q+1;/p-1. The maximum Gasteiger partial charge on any atom is 0.116 e. The molecule has 0 radical (unpaired) electrons. The molecule has 0 spiro atoms. The first-order valence-electron chi connectivity index (χ1n) is 10.7. The number of aryl methyl sites for hydroxylation is 2. The lowest BCUT2D eigenvalue weighted by atomic mass is 9.95. The van der Waals surface area contributed by atoms with Crippen molar-refractivity contribution in [3.8, 4) is 0 Å². The first-order chi connectivity index (χ1) is 14.5. The molecule has 0 amide bonds.